The Morgan fingerprint density at radius 3 is 2.80 bits per heavy atom. The number of fused-ring (bicyclic) bond motifs is 1. The van der Waals surface area contributed by atoms with Crippen molar-refractivity contribution in [3.05, 3.63) is 27.7 Å². The van der Waals surface area contributed by atoms with Crippen molar-refractivity contribution in [2.45, 2.75) is 19.3 Å². The van der Waals surface area contributed by atoms with Crippen molar-refractivity contribution in [1.82, 2.24) is 4.98 Å². The molecule has 15 heavy (non-hydrogen) atoms. The summed E-state index contributed by atoms with van der Waals surface area (Å²) in [4.78, 5) is 4.65. The Morgan fingerprint density at radius 1 is 1.47 bits per heavy atom. The van der Waals surface area contributed by atoms with Gasteiger partial charge in [-0.15, -0.1) is 11.3 Å². The first-order chi connectivity index (χ1) is 7.04. The summed E-state index contributed by atoms with van der Waals surface area (Å²) < 4.78 is 2.26. The van der Waals surface area contributed by atoms with Gasteiger partial charge >= 0.3 is 0 Å². The molecule has 2 nitrogen and oxygen atoms in total. The zero-order valence-corrected chi connectivity index (χ0v) is 11.2. The van der Waals surface area contributed by atoms with Crippen LogP contribution in [-0.2, 0) is 5.41 Å². The Hall–Kier alpha value is -0.450. The van der Waals surface area contributed by atoms with E-state index in [1.807, 2.05) is 12.1 Å². The number of para-hydroxylation sites is 1. The molecule has 0 fully saturated rings. The predicted molar refractivity (Wildman–Crippen MR) is 69.4 cm³/mol. The molecule has 2 aromatic rings. The first kappa shape index (κ1) is 11.0. The Balaban J connectivity index is 2.62. The molecule has 1 heterocycles. The molecule has 4 heteroatoms. The number of nitrogens with two attached hydrogens (primary N) is 1. The molecule has 2 N–H and O–H groups in total. The van der Waals surface area contributed by atoms with Gasteiger partial charge in [-0.3, -0.25) is 0 Å². The molecule has 80 valence electrons. The van der Waals surface area contributed by atoms with Crippen molar-refractivity contribution in [1.29, 1.82) is 0 Å². The smallest absolute Gasteiger partial charge is 0.101 e. The minimum absolute atomic E-state index is 0.0386. The minimum atomic E-state index is -0.0386. The van der Waals surface area contributed by atoms with Crippen LogP contribution in [0.5, 0.6) is 0 Å². The highest BCUT2D eigenvalue weighted by molar-refractivity contribution is 9.10. The lowest BCUT2D eigenvalue weighted by Gasteiger charge is -2.18. The van der Waals surface area contributed by atoms with Crippen molar-refractivity contribution in [2.24, 2.45) is 5.73 Å². The van der Waals surface area contributed by atoms with Gasteiger partial charge in [0.05, 0.1) is 10.2 Å². The number of benzene rings is 1. The van der Waals surface area contributed by atoms with Gasteiger partial charge in [0.25, 0.3) is 0 Å². The van der Waals surface area contributed by atoms with Crippen molar-refractivity contribution in [3.8, 4) is 0 Å². The number of nitrogens with zero attached hydrogens (tertiary/aromatic N) is 1. The predicted octanol–water partition coefficient (Wildman–Crippen LogP) is 3.30. The molecule has 0 saturated carbocycles. The van der Waals surface area contributed by atoms with E-state index in [0.717, 1.165) is 15.0 Å². The molecule has 0 radical (unpaired) electrons. The van der Waals surface area contributed by atoms with Gasteiger partial charge in [0.2, 0.25) is 0 Å². The SMILES string of the molecule is CC(C)(CN)c1nc2c(Br)cccc2s1. The van der Waals surface area contributed by atoms with Gasteiger partial charge in [-0.1, -0.05) is 19.9 Å². The maximum Gasteiger partial charge on any atom is 0.101 e. The van der Waals surface area contributed by atoms with E-state index in [1.54, 1.807) is 11.3 Å². The second-order valence-corrected chi connectivity index (χ2v) is 6.08. The third kappa shape index (κ3) is 1.94. The largest absolute Gasteiger partial charge is 0.330 e. The number of thiazole rings is 1. The molecule has 0 bridgehead atoms. The Bertz CT molecular complexity index is 490. The fourth-order valence-electron chi connectivity index (χ4n) is 1.29. The molecule has 0 unspecified atom stereocenters. The molecule has 1 aromatic carbocycles. The van der Waals surface area contributed by atoms with Gasteiger partial charge < -0.3 is 5.73 Å². The zero-order chi connectivity index (χ0) is 11.1. The third-order valence-electron chi connectivity index (χ3n) is 2.46. The Morgan fingerprint density at radius 2 is 2.20 bits per heavy atom. The van der Waals surface area contributed by atoms with Crippen LogP contribution in [0.25, 0.3) is 10.2 Å². The molecule has 0 atom stereocenters. The topological polar surface area (TPSA) is 38.9 Å². The second-order valence-electron chi connectivity index (χ2n) is 4.19. The highest BCUT2D eigenvalue weighted by atomic mass is 79.9. The Kier molecular flexibility index (Phi) is 2.83. The van der Waals surface area contributed by atoms with Crippen molar-refractivity contribution >= 4 is 37.5 Å². The first-order valence-corrected chi connectivity index (χ1v) is 6.41. The number of hydrogen-bond acceptors (Lipinski definition) is 3. The van der Waals surface area contributed by atoms with E-state index in [1.165, 1.54) is 4.70 Å². The lowest BCUT2D eigenvalue weighted by molar-refractivity contribution is 0.536. The van der Waals surface area contributed by atoms with E-state index in [4.69, 9.17) is 5.73 Å². The van der Waals surface area contributed by atoms with Crippen LogP contribution in [0.1, 0.15) is 18.9 Å². The van der Waals surface area contributed by atoms with Gasteiger partial charge in [0.1, 0.15) is 5.01 Å². The van der Waals surface area contributed by atoms with E-state index in [2.05, 4.69) is 40.8 Å². The van der Waals surface area contributed by atoms with Crippen LogP contribution in [0.4, 0.5) is 0 Å². The molecule has 0 amide bonds. The lowest BCUT2D eigenvalue weighted by Crippen LogP contribution is -2.27. The summed E-state index contributed by atoms with van der Waals surface area (Å²) in [6.07, 6.45) is 0. The monoisotopic (exact) mass is 284 g/mol. The molecular weight excluding hydrogens is 272 g/mol. The molecule has 0 aliphatic rings. The number of rotatable bonds is 2. The van der Waals surface area contributed by atoms with Gasteiger partial charge in [0, 0.05) is 16.4 Å². The highest BCUT2D eigenvalue weighted by Crippen LogP contribution is 2.33. The maximum atomic E-state index is 5.75. The van der Waals surface area contributed by atoms with Crippen molar-refractivity contribution in [2.75, 3.05) is 6.54 Å². The Labute approximate surface area is 102 Å². The van der Waals surface area contributed by atoms with Gasteiger partial charge in [0.15, 0.2) is 0 Å². The normalized spacial score (nSPS) is 12.3. The molecule has 1 aromatic heterocycles. The summed E-state index contributed by atoms with van der Waals surface area (Å²) in [7, 11) is 0. The molecule has 0 aliphatic carbocycles. The number of hydrogen-bond donors (Lipinski definition) is 1. The van der Waals surface area contributed by atoms with Crippen molar-refractivity contribution < 1.29 is 0 Å². The summed E-state index contributed by atoms with van der Waals surface area (Å²) in [5.74, 6) is 0. The summed E-state index contributed by atoms with van der Waals surface area (Å²) >= 11 is 5.23. The van der Waals surface area contributed by atoms with E-state index in [9.17, 15) is 0 Å². The average molecular weight is 285 g/mol. The molecular formula is C11H13BrN2S. The fourth-order valence-corrected chi connectivity index (χ4v) is 2.98. The van der Waals surface area contributed by atoms with Crippen LogP contribution in [0.2, 0.25) is 0 Å². The van der Waals surface area contributed by atoms with Crippen LogP contribution in [0.3, 0.4) is 0 Å². The summed E-state index contributed by atoms with van der Waals surface area (Å²) in [5, 5.41) is 1.10. The van der Waals surface area contributed by atoms with Crippen molar-refractivity contribution in [3.63, 3.8) is 0 Å². The zero-order valence-electron chi connectivity index (χ0n) is 8.75. The highest BCUT2D eigenvalue weighted by Gasteiger charge is 2.23. The minimum Gasteiger partial charge on any atom is -0.330 e. The summed E-state index contributed by atoms with van der Waals surface area (Å²) in [5.41, 5.74) is 6.76. The molecule has 2 rings (SSSR count). The third-order valence-corrected chi connectivity index (χ3v) is 4.49. The van der Waals surface area contributed by atoms with Crippen LogP contribution < -0.4 is 5.73 Å². The number of aromatic nitrogens is 1. The van der Waals surface area contributed by atoms with Crippen LogP contribution in [-0.4, -0.2) is 11.5 Å². The van der Waals surface area contributed by atoms with Gasteiger partial charge in [-0.2, -0.15) is 0 Å². The fraction of sp³-hybridized carbons (Fsp3) is 0.364. The standard InChI is InChI=1S/C11H13BrN2S/c1-11(2,6-13)10-14-9-7(12)4-3-5-8(9)15-10/h3-5H,6,13H2,1-2H3. The van der Waals surface area contributed by atoms with Gasteiger partial charge in [-0.25, -0.2) is 4.98 Å². The second kappa shape index (κ2) is 3.85. The summed E-state index contributed by atoms with van der Waals surface area (Å²) in [6, 6.07) is 6.14. The van der Waals surface area contributed by atoms with Gasteiger partial charge in [-0.05, 0) is 28.1 Å². The van der Waals surface area contributed by atoms with E-state index < -0.39 is 0 Å². The lowest BCUT2D eigenvalue weighted by atomic mass is 9.95. The molecule has 0 aliphatic heterocycles. The molecule has 0 saturated heterocycles. The van der Waals surface area contributed by atoms with E-state index in [-0.39, 0.29) is 5.41 Å². The maximum absolute atomic E-state index is 5.75. The number of halogens is 1. The van der Waals surface area contributed by atoms with E-state index in [0.29, 0.717) is 6.54 Å². The summed E-state index contributed by atoms with van der Waals surface area (Å²) in [6.45, 7) is 4.86. The average Bonchev–Trinajstić information content (AvgIpc) is 2.64. The molecule has 0 spiro atoms. The van der Waals surface area contributed by atoms with Crippen LogP contribution in [0, 0.1) is 0 Å². The quantitative estimate of drug-likeness (QED) is 0.919. The van der Waals surface area contributed by atoms with E-state index >= 15 is 0 Å². The van der Waals surface area contributed by atoms with Crippen LogP contribution >= 0.6 is 27.3 Å². The van der Waals surface area contributed by atoms with Crippen LogP contribution in [0.15, 0.2) is 22.7 Å². The first-order valence-electron chi connectivity index (χ1n) is 4.80.